The summed E-state index contributed by atoms with van der Waals surface area (Å²) in [5.74, 6) is 0. The van der Waals surface area contributed by atoms with Crippen LogP contribution < -0.4 is 0 Å². The minimum Gasteiger partial charge on any atom is -0.445 e. The zero-order valence-corrected chi connectivity index (χ0v) is 5.20. The maximum Gasteiger partial charge on any atom is 0.404 e. The van der Waals surface area contributed by atoms with Crippen molar-refractivity contribution < 1.29 is 18.3 Å². The van der Waals surface area contributed by atoms with Crippen LogP contribution in [0.5, 0.6) is 0 Å². The van der Waals surface area contributed by atoms with Crippen molar-refractivity contribution >= 4 is 17.0 Å². The molecule has 0 atom stereocenters. The number of hydrogen-bond acceptors (Lipinski definition) is 2. The Balaban J connectivity index is 3.43. The summed E-state index contributed by atoms with van der Waals surface area (Å²) in [5, 5.41) is 0. The topological polar surface area (TPSA) is 26.3 Å². The first-order chi connectivity index (χ1) is 4.20. The van der Waals surface area contributed by atoms with Crippen LogP contribution in [-0.2, 0) is 4.74 Å². The van der Waals surface area contributed by atoms with Crippen LogP contribution in [-0.4, -0.2) is 24.9 Å². The lowest BCUT2D eigenvalue weighted by Crippen LogP contribution is -2.18. The van der Waals surface area contributed by atoms with Crippen LogP contribution in [0.2, 0.25) is 0 Å². The molecule has 0 unspecified atom stereocenters. The Morgan fingerprint density at radius 2 is 2.00 bits per heavy atom. The third kappa shape index (κ3) is 4.14. The number of ether oxygens (including phenoxy) is 1. The lowest BCUT2D eigenvalue weighted by Gasteiger charge is -2.05. The van der Waals surface area contributed by atoms with E-state index in [9.17, 15) is 13.6 Å². The molecular formula is C4H5ClF2O2. The monoisotopic (exact) mass is 158 g/mol. The number of halogens is 3. The summed E-state index contributed by atoms with van der Waals surface area (Å²) < 4.78 is 26.8. The average molecular weight is 159 g/mol. The normalized spacial score (nSPS) is 9.78. The van der Waals surface area contributed by atoms with Crippen molar-refractivity contribution in [3.8, 4) is 0 Å². The average Bonchev–Trinajstić information content (AvgIpc) is 1.82. The zero-order valence-electron chi connectivity index (χ0n) is 4.44. The van der Waals surface area contributed by atoms with E-state index in [0.717, 1.165) is 0 Å². The van der Waals surface area contributed by atoms with Gasteiger partial charge in [0.15, 0.2) is 6.10 Å². The van der Waals surface area contributed by atoms with E-state index in [1.54, 1.807) is 0 Å². The van der Waals surface area contributed by atoms with E-state index in [1.165, 1.54) is 0 Å². The highest BCUT2D eigenvalue weighted by molar-refractivity contribution is 6.61. The summed E-state index contributed by atoms with van der Waals surface area (Å²) in [5.41, 5.74) is -1.18. The van der Waals surface area contributed by atoms with Crippen molar-refractivity contribution in [2.45, 2.75) is 6.10 Å². The Morgan fingerprint density at radius 3 is 2.11 bits per heavy atom. The molecule has 0 N–H and O–H groups in total. The maximum absolute atomic E-state index is 11.4. The Morgan fingerprint density at radius 1 is 1.56 bits per heavy atom. The van der Waals surface area contributed by atoms with Gasteiger partial charge in [-0.2, -0.15) is 0 Å². The van der Waals surface area contributed by atoms with E-state index < -0.39 is 24.9 Å². The Hall–Kier alpha value is -0.380. The van der Waals surface area contributed by atoms with E-state index >= 15 is 0 Å². The van der Waals surface area contributed by atoms with Gasteiger partial charge in [-0.1, -0.05) is 0 Å². The molecule has 0 aliphatic rings. The Labute approximate surface area is 55.7 Å². The summed E-state index contributed by atoms with van der Waals surface area (Å²) in [6.07, 6.45) is -1.34. The van der Waals surface area contributed by atoms with Crippen molar-refractivity contribution in [1.29, 1.82) is 0 Å². The molecule has 54 valence electrons. The molecule has 0 heterocycles. The summed E-state index contributed by atoms with van der Waals surface area (Å²) in [6, 6.07) is 0. The van der Waals surface area contributed by atoms with Crippen LogP contribution in [0, 0.1) is 0 Å². The third-order valence-corrected chi connectivity index (χ3v) is 0.693. The molecule has 0 aromatic heterocycles. The molecule has 0 aliphatic heterocycles. The lowest BCUT2D eigenvalue weighted by atomic mass is 10.4. The van der Waals surface area contributed by atoms with Gasteiger partial charge in [-0.05, 0) is 0 Å². The number of carbonyl (C=O) groups excluding carboxylic acids is 1. The van der Waals surface area contributed by atoms with Crippen LogP contribution in [0.4, 0.5) is 13.6 Å². The van der Waals surface area contributed by atoms with Gasteiger partial charge in [-0.15, -0.1) is 0 Å². The molecule has 0 amide bonds. The van der Waals surface area contributed by atoms with E-state index in [1.807, 2.05) is 0 Å². The van der Waals surface area contributed by atoms with Gasteiger partial charge in [0.25, 0.3) is 0 Å². The fourth-order valence-electron chi connectivity index (χ4n) is 0.235. The van der Waals surface area contributed by atoms with E-state index in [0.29, 0.717) is 0 Å². The minimum absolute atomic E-state index is 1.05. The van der Waals surface area contributed by atoms with E-state index in [-0.39, 0.29) is 0 Å². The van der Waals surface area contributed by atoms with Gasteiger partial charge in [-0.3, -0.25) is 0 Å². The number of hydrogen-bond donors (Lipinski definition) is 0. The first kappa shape index (κ1) is 8.62. The molecule has 0 radical (unpaired) electrons. The molecule has 5 heteroatoms. The Kier molecular flexibility index (Phi) is 4.30. The zero-order chi connectivity index (χ0) is 7.28. The first-order valence-corrected chi connectivity index (χ1v) is 2.56. The van der Waals surface area contributed by atoms with Gasteiger partial charge >= 0.3 is 5.43 Å². The minimum atomic E-state index is -1.34. The predicted octanol–water partition coefficient (Wildman–Crippen LogP) is 1.67. The van der Waals surface area contributed by atoms with Crippen molar-refractivity contribution in [2.24, 2.45) is 0 Å². The summed E-state index contributed by atoms with van der Waals surface area (Å²) in [4.78, 5) is 9.78. The lowest BCUT2D eigenvalue weighted by molar-refractivity contribution is 0.0837. The molecule has 0 bridgehead atoms. The van der Waals surface area contributed by atoms with Gasteiger partial charge in [-0.25, -0.2) is 13.6 Å². The summed E-state index contributed by atoms with van der Waals surface area (Å²) in [6.45, 7) is -2.09. The first-order valence-electron chi connectivity index (χ1n) is 2.18. The second kappa shape index (κ2) is 4.49. The second-order valence-electron chi connectivity index (χ2n) is 1.29. The highest BCUT2D eigenvalue weighted by atomic mass is 35.5. The predicted molar refractivity (Wildman–Crippen MR) is 28.1 cm³/mol. The smallest absolute Gasteiger partial charge is 0.404 e. The van der Waals surface area contributed by atoms with Gasteiger partial charge in [0, 0.05) is 11.6 Å². The molecular weight excluding hydrogens is 153 g/mol. The van der Waals surface area contributed by atoms with Crippen LogP contribution in [0.3, 0.4) is 0 Å². The summed E-state index contributed by atoms with van der Waals surface area (Å²) >= 11 is 4.64. The highest BCUT2D eigenvalue weighted by Crippen LogP contribution is 1.98. The van der Waals surface area contributed by atoms with Crippen LogP contribution >= 0.6 is 11.6 Å². The van der Waals surface area contributed by atoms with Crippen LogP contribution in [0.1, 0.15) is 0 Å². The van der Waals surface area contributed by atoms with Gasteiger partial charge in [0.2, 0.25) is 0 Å². The van der Waals surface area contributed by atoms with E-state index in [2.05, 4.69) is 16.3 Å². The van der Waals surface area contributed by atoms with Crippen LogP contribution in [0.25, 0.3) is 0 Å². The molecule has 0 rings (SSSR count). The van der Waals surface area contributed by atoms with Gasteiger partial charge in [0.1, 0.15) is 13.3 Å². The van der Waals surface area contributed by atoms with E-state index in [4.69, 9.17) is 0 Å². The fraction of sp³-hybridized carbons (Fsp3) is 0.750. The molecule has 0 saturated carbocycles. The number of carbonyl (C=O) groups is 1. The number of rotatable bonds is 3. The highest BCUT2D eigenvalue weighted by Gasteiger charge is 2.10. The standard InChI is InChI=1S/C4H5ClF2O2/c5-4(8)9-3(1-6)2-7/h3H,1-2H2. The SMILES string of the molecule is O=C(Cl)OC(CF)CF. The van der Waals surface area contributed by atoms with Crippen molar-refractivity contribution in [3.05, 3.63) is 0 Å². The fourth-order valence-corrected chi connectivity index (χ4v) is 0.361. The number of alkyl halides is 2. The van der Waals surface area contributed by atoms with Gasteiger partial charge in [0.05, 0.1) is 0 Å². The van der Waals surface area contributed by atoms with Crippen molar-refractivity contribution in [2.75, 3.05) is 13.3 Å². The largest absolute Gasteiger partial charge is 0.445 e. The Bertz CT molecular complexity index is 94.6. The molecule has 9 heavy (non-hydrogen) atoms. The van der Waals surface area contributed by atoms with Crippen molar-refractivity contribution in [3.63, 3.8) is 0 Å². The molecule has 0 aromatic carbocycles. The quantitative estimate of drug-likeness (QED) is 0.584. The molecule has 0 saturated heterocycles. The third-order valence-electron chi connectivity index (χ3n) is 0.604. The second-order valence-corrected chi connectivity index (χ2v) is 1.59. The molecule has 0 spiro atoms. The van der Waals surface area contributed by atoms with Gasteiger partial charge < -0.3 is 4.74 Å². The molecule has 0 aliphatic carbocycles. The van der Waals surface area contributed by atoms with Crippen molar-refractivity contribution in [1.82, 2.24) is 0 Å². The summed E-state index contributed by atoms with van der Waals surface area (Å²) in [7, 11) is 0. The molecule has 2 nitrogen and oxygen atoms in total. The van der Waals surface area contributed by atoms with Crippen LogP contribution in [0.15, 0.2) is 0 Å². The molecule has 0 aromatic rings. The molecule has 0 fully saturated rings. The maximum atomic E-state index is 11.4.